The number of nitrogens with zero attached hydrogens (tertiary/aromatic N) is 2. The van der Waals surface area contributed by atoms with E-state index >= 15 is 0 Å². The predicted octanol–water partition coefficient (Wildman–Crippen LogP) is 8.60. The van der Waals surface area contributed by atoms with Crippen LogP contribution >= 0.6 is 34.8 Å². The van der Waals surface area contributed by atoms with E-state index in [4.69, 9.17) is 50.5 Å². The Morgan fingerprint density at radius 1 is 0.865 bits per heavy atom. The normalized spacial score (nSPS) is 17.9. The summed E-state index contributed by atoms with van der Waals surface area (Å²) in [7, 11) is 0. The average Bonchev–Trinajstić information content (AvgIpc) is 2.91. The molecule has 4 nitrogen and oxygen atoms in total. The van der Waals surface area contributed by atoms with Gasteiger partial charge in [-0.2, -0.15) is 0 Å². The van der Waals surface area contributed by atoms with E-state index in [-0.39, 0.29) is 0 Å². The highest BCUT2D eigenvalue weighted by Crippen LogP contribution is 2.32. The maximum absolute atomic E-state index is 6.61. The van der Waals surface area contributed by atoms with Crippen LogP contribution in [0, 0.1) is 11.8 Å². The molecule has 0 radical (unpaired) electrons. The first-order chi connectivity index (χ1) is 18.0. The van der Waals surface area contributed by atoms with Crippen LogP contribution in [0.4, 0.5) is 5.82 Å². The number of nitrogens with one attached hydrogen (secondary N) is 1. The summed E-state index contributed by atoms with van der Waals surface area (Å²) in [4.78, 5) is 9.59. The van der Waals surface area contributed by atoms with E-state index < -0.39 is 0 Å². The van der Waals surface area contributed by atoms with Gasteiger partial charge in [0.25, 0.3) is 0 Å². The van der Waals surface area contributed by atoms with Crippen molar-refractivity contribution in [3.05, 3.63) is 87.1 Å². The van der Waals surface area contributed by atoms with Crippen molar-refractivity contribution in [1.82, 2.24) is 9.97 Å². The second-order valence-electron chi connectivity index (χ2n) is 9.69. The molecule has 1 aliphatic carbocycles. The van der Waals surface area contributed by atoms with Crippen molar-refractivity contribution < 1.29 is 0 Å². The van der Waals surface area contributed by atoms with Gasteiger partial charge in [-0.05, 0) is 91.2 Å². The Labute approximate surface area is 232 Å². The molecule has 3 N–H and O–H groups in total. The molecule has 1 heterocycles. The van der Waals surface area contributed by atoms with Crippen LogP contribution in [0.1, 0.15) is 37.1 Å². The number of halogens is 3. The third-order valence-electron chi connectivity index (χ3n) is 7.03. The number of hydrogen-bond donors (Lipinski definition) is 2. The van der Waals surface area contributed by atoms with Gasteiger partial charge in [0.15, 0.2) is 5.82 Å². The zero-order valence-corrected chi connectivity index (χ0v) is 22.7. The molecular weight excluding hydrogens is 523 g/mol. The summed E-state index contributed by atoms with van der Waals surface area (Å²) in [6.07, 6.45) is 8.74. The van der Waals surface area contributed by atoms with Crippen molar-refractivity contribution in [3.8, 4) is 11.1 Å². The second-order valence-corrected chi connectivity index (χ2v) is 11.0. The second kappa shape index (κ2) is 11.8. The van der Waals surface area contributed by atoms with Crippen LogP contribution in [0.3, 0.4) is 0 Å². The highest BCUT2D eigenvalue weighted by atomic mass is 35.5. The molecule has 0 aliphatic heterocycles. The van der Waals surface area contributed by atoms with Gasteiger partial charge in [-0.1, -0.05) is 71.6 Å². The van der Waals surface area contributed by atoms with Gasteiger partial charge in [-0.25, -0.2) is 9.97 Å². The lowest BCUT2D eigenvalue weighted by Gasteiger charge is -2.28. The van der Waals surface area contributed by atoms with Crippen molar-refractivity contribution in [3.63, 3.8) is 0 Å². The van der Waals surface area contributed by atoms with Gasteiger partial charge < -0.3 is 11.1 Å². The molecule has 7 heteroatoms. The lowest BCUT2D eigenvalue weighted by Crippen LogP contribution is -2.26. The summed E-state index contributed by atoms with van der Waals surface area (Å²) in [5.41, 5.74) is 9.69. The number of hydrogen-bond acceptors (Lipinski definition) is 4. The van der Waals surface area contributed by atoms with Crippen LogP contribution in [-0.2, 0) is 0 Å². The summed E-state index contributed by atoms with van der Waals surface area (Å²) in [5, 5.41) is 6.57. The van der Waals surface area contributed by atoms with Crippen LogP contribution in [0.5, 0.6) is 0 Å². The highest BCUT2D eigenvalue weighted by Gasteiger charge is 2.21. The SMILES string of the molecule is NCC1CCCC(CNc2nc(C=Cc3ccc(-c4ccc(Cl)cc4)c(Cl)c3)nc3cc(Cl)ccc23)C1. The minimum absolute atomic E-state index is 0.597. The van der Waals surface area contributed by atoms with E-state index in [0.717, 1.165) is 52.9 Å². The summed E-state index contributed by atoms with van der Waals surface area (Å²) in [5.74, 6) is 2.66. The molecule has 1 saturated carbocycles. The monoisotopic (exact) mass is 550 g/mol. The molecule has 0 spiro atoms. The smallest absolute Gasteiger partial charge is 0.154 e. The molecule has 0 bridgehead atoms. The van der Waals surface area contributed by atoms with E-state index in [1.165, 1.54) is 19.3 Å². The lowest BCUT2D eigenvalue weighted by atomic mass is 9.81. The molecule has 2 unspecified atom stereocenters. The van der Waals surface area contributed by atoms with Crippen LogP contribution < -0.4 is 11.1 Å². The fourth-order valence-electron chi connectivity index (χ4n) is 5.04. The number of aromatic nitrogens is 2. The minimum atomic E-state index is 0.597. The van der Waals surface area contributed by atoms with Crippen molar-refractivity contribution >= 4 is 63.7 Å². The quantitative estimate of drug-likeness (QED) is 0.241. The van der Waals surface area contributed by atoms with Gasteiger partial charge in [0.05, 0.1) is 5.52 Å². The molecule has 2 atom stereocenters. The largest absolute Gasteiger partial charge is 0.369 e. The number of fused-ring (bicyclic) bond motifs is 1. The van der Waals surface area contributed by atoms with Crippen molar-refractivity contribution in [2.75, 3.05) is 18.4 Å². The zero-order chi connectivity index (χ0) is 25.8. The van der Waals surface area contributed by atoms with E-state index in [0.29, 0.717) is 32.7 Å². The van der Waals surface area contributed by atoms with Gasteiger partial charge in [0, 0.05) is 32.6 Å². The summed E-state index contributed by atoms with van der Waals surface area (Å²) in [6, 6.07) is 19.4. The average molecular weight is 552 g/mol. The fourth-order valence-corrected chi connectivity index (χ4v) is 5.63. The first-order valence-electron chi connectivity index (χ1n) is 12.6. The van der Waals surface area contributed by atoms with Crippen molar-refractivity contribution in [1.29, 1.82) is 0 Å². The first-order valence-corrected chi connectivity index (χ1v) is 13.8. The van der Waals surface area contributed by atoms with E-state index in [1.807, 2.05) is 72.8 Å². The standard InChI is InChI=1S/C30H29Cl3N4/c31-23-8-6-22(7-9-23)25-11-4-19(15-27(25)33)5-13-29-36-28-16-24(32)10-12-26(28)30(37-29)35-18-21-3-1-2-20(14-21)17-34/h4-13,15-16,20-21H,1-3,14,17-18,34H2,(H,35,36,37). The van der Waals surface area contributed by atoms with Crippen LogP contribution in [0.2, 0.25) is 15.1 Å². The van der Waals surface area contributed by atoms with Gasteiger partial charge in [0.2, 0.25) is 0 Å². The Balaban J connectivity index is 1.38. The van der Waals surface area contributed by atoms with Crippen LogP contribution in [0.15, 0.2) is 60.7 Å². The van der Waals surface area contributed by atoms with Crippen LogP contribution in [-0.4, -0.2) is 23.1 Å². The Bertz CT molecular complexity index is 1420. The Morgan fingerprint density at radius 3 is 2.43 bits per heavy atom. The fraction of sp³-hybridized carbons (Fsp3) is 0.267. The maximum atomic E-state index is 6.61. The lowest BCUT2D eigenvalue weighted by molar-refractivity contribution is 0.281. The zero-order valence-electron chi connectivity index (χ0n) is 20.4. The molecule has 5 rings (SSSR count). The molecule has 190 valence electrons. The Kier molecular flexibility index (Phi) is 8.31. The van der Waals surface area contributed by atoms with Gasteiger partial charge in [-0.3, -0.25) is 0 Å². The molecule has 1 fully saturated rings. The Morgan fingerprint density at radius 2 is 1.65 bits per heavy atom. The molecule has 0 saturated heterocycles. The van der Waals surface area contributed by atoms with Crippen LogP contribution in [0.25, 0.3) is 34.2 Å². The van der Waals surface area contributed by atoms with E-state index in [1.54, 1.807) is 0 Å². The number of benzene rings is 3. The number of rotatable bonds is 7. The summed E-state index contributed by atoms with van der Waals surface area (Å²) < 4.78 is 0. The van der Waals surface area contributed by atoms with Crippen molar-refractivity contribution in [2.24, 2.45) is 17.6 Å². The third kappa shape index (κ3) is 6.45. The molecule has 3 aromatic carbocycles. The molecule has 1 aliphatic rings. The van der Waals surface area contributed by atoms with Gasteiger partial charge >= 0.3 is 0 Å². The number of anilines is 1. The van der Waals surface area contributed by atoms with E-state index in [2.05, 4.69) is 5.32 Å². The summed E-state index contributed by atoms with van der Waals surface area (Å²) in [6.45, 7) is 1.64. The minimum Gasteiger partial charge on any atom is -0.369 e. The third-order valence-corrected chi connectivity index (χ3v) is 7.83. The topological polar surface area (TPSA) is 63.8 Å². The molecule has 1 aromatic heterocycles. The van der Waals surface area contributed by atoms with Gasteiger partial charge in [-0.15, -0.1) is 0 Å². The number of nitrogens with two attached hydrogens (primary N) is 1. The highest BCUT2D eigenvalue weighted by molar-refractivity contribution is 6.33. The molecule has 37 heavy (non-hydrogen) atoms. The maximum Gasteiger partial charge on any atom is 0.154 e. The van der Waals surface area contributed by atoms with E-state index in [9.17, 15) is 0 Å². The predicted molar refractivity (Wildman–Crippen MR) is 158 cm³/mol. The van der Waals surface area contributed by atoms with Crippen molar-refractivity contribution in [2.45, 2.75) is 25.7 Å². The molecule has 4 aromatic rings. The molecule has 0 amide bonds. The van der Waals surface area contributed by atoms with Gasteiger partial charge in [0.1, 0.15) is 5.82 Å². The Hall–Kier alpha value is -2.63. The summed E-state index contributed by atoms with van der Waals surface area (Å²) >= 11 is 18.9. The first kappa shape index (κ1) is 26.0. The molecular formula is C30H29Cl3N4.